The van der Waals surface area contributed by atoms with E-state index in [9.17, 15) is 14.0 Å². The van der Waals surface area contributed by atoms with Crippen LogP contribution in [0, 0.1) is 18.7 Å². The molecule has 2 amide bonds. The lowest BCUT2D eigenvalue weighted by Crippen LogP contribution is -2.29. The van der Waals surface area contributed by atoms with Gasteiger partial charge in [0.25, 0.3) is 0 Å². The van der Waals surface area contributed by atoms with Crippen LogP contribution < -0.4 is 16.0 Å². The van der Waals surface area contributed by atoms with Gasteiger partial charge in [-0.15, -0.1) is 0 Å². The molecule has 0 aromatic heterocycles. The highest BCUT2D eigenvalue weighted by atomic mass is 19.1. The zero-order valence-corrected chi connectivity index (χ0v) is 14.6. The summed E-state index contributed by atoms with van der Waals surface area (Å²) in [6.07, 6.45) is 1.92. The van der Waals surface area contributed by atoms with Crippen molar-refractivity contribution in [3.05, 3.63) is 59.4 Å². The molecule has 0 atom stereocenters. The first-order valence-corrected chi connectivity index (χ1v) is 8.68. The van der Waals surface area contributed by atoms with E-state index in [1.807, 2.05) is 24.3 Å². The van der Waals surface area contributed by atoms with Crippen LogP contribution in [0.2, 0.25) is 0 Å². The standard InChI is InChI=1S/C20H22FN3O2/c1-13-9-16(21)7-8-18(13)22-12-19(25)23-11-14-3-2-4-17(10-14)24-20(26)15-5-6-15/h2-4,7-10,15,22H,5-6,11-12H2,1H3,(H,23,25)(H,24,26). The van der Waals surface area contributed by atoms with E-state index in [-0.39, 0.29) is 30.1 Å². The first-order chi connectivity index (χ1) is 12.5. The SMILES string of the molecule is Cc1cc(F)ccc1NCC(=O)NCc1cccc(NC(=O)C2CC2)c1. The highest BCUT2D eigenvalue weighted by Crippen LogP contribution is 2.30. The van der Waals surface area contributed by atoms with Crippen molar-refractivity contribution in [2.45, 2.75) is 26.3 Å². The van der Waals surface area contributed by atoms with Gasteiger partial charge in [0, 0.05) is 23.8 Å². The number of carbonyl (C=O) groups is 2. The third-order valence-electron chi connectivity index (χ3n) is 4.26. The summed E-state index contributed by atoms with van der Waals surface area (Å²) in [5, 5.41) is 8.72. The van der Waals surface area contributed by atoms with E-state index in [1.165, 1.54) is 12.1 Å². The number of hydrogen-bond acceptors (Lipinski definition) is 3. The largest absolute Gasteiger partial charge is 0.376 e. The number of benzene rings is 2. The van der Waals surface area contributed by atoms with Gasteiger partial charge < -0.3 is 16.0 Å². The Bertz CT molecular complexity index is 818. The van der Waals surface area contributed by atoms with Gasteiger partial charge in [-0.1, -0.05) is 12.1 Å². The predicted octanol–water partition coefficient (Wildman–Crippen LogP) is 3.21. The van der Waals surface area contributed by atoms with Gasteiger partial charge in [-0.3, -0.25) is 9.59 Å². The van der Waals surface area contributed by atoms with E-state index in [1.54, 1.807) is 13.0 Å². The van der Waals surface area contributed by atoms with E-state index in [4.69, 9.17) is 0 Å². The molecule has 136 valence electrons. The molecule has 26 heavy (non-hydrogen) atoms. The van der Waals surface area contributed by atoms with E-state index in [2.05, 4.69) is 16.0 Å². The quantitative estimate of drug-likeness (QED) is 0.714. The molecule has 0 saturated heterocycles. The number of rotatable bonds is 7. The maximum absolute atomic E-state index is 13.1. The van der Waals surface area contributed by atoms with Crippen LogP contribution in [0.1, 0.15) is 24.0 Å². The van der Waals surface area contributed by atoms with E-state index >= 15 is 0 Å². The van der Waals surface area contributed by atoms with Gasteiger partial charge in [0.05, 0.1) is 6.54 Å². The number of anilines is 2. The van der Waals surface area contributed by atoms with Crippen molar-refractivity contribution in [1.82, 2.24) is 5.32 Å². The fourth-order valence-electron chi connectivity index (χ4n) is 2.61. The maximum Gasteiger partial charge on any atom is 0.239 e. The van der Waals surface area contributed by atoms with Gasteiger partial charge in [0.1, 0.15) is 5.82 Å². The van der Waals surface area contributed by atoms with E-state index in [0.29, 0.717) is 6.54 Å². The third kappa shape index (κ3) is 5.05. The normalized spacial score (nSPS) is 13.2. The van der Waals surface area contributed by atoms with E-state index < -0.39 is 0 Å². The smallest absolute Gasteiger partial charge is 0.239 e. The number of aryl methyl sites for hydroxylation is 1. The Morgan fingerprint density at radius 2 is 1.96 bits per heavy atom. The fourth-order valence-corrected chi connectivity index (χ4v) is 2.61. The molecule has 3 rings (SSSR count). The zero-order chi connectivity index (χ0) is 18.5. The topological polar surface area (TPSA) is 70.2 Å². The molecule has 1 fully saturated rings. The molecule has 1 saturated carbocycles. The van der Waals surface area contributed by atoms with Gasteiger partial charge >= 0.3 is 0 Å². The summed E-state index contributed by atoms with van der Waals surface area (Å²) in [7, 11) is 0. The molecule has 0 spiro atoms. The number of nitrogens with one attached hydrogen (secondary N) is 3. The first kappa shape index (κ1) is 17.9. The Morgan fingerprint density at radius 1 is 1.15 bits per heavy atom. The summed E-state index contributed by atoms with van der Waals surface area (Å²) in [5.74, 6) is -0.253. The minimum absolute atomic E-state index is 0.0602. The number of carbonyl (C=O) groups excluding carboxylic acids is 2. The lowest BCUT2D eigenvalue weighted by Gasteiger charge is -2.11. The molecule has 5 nitrogen and oxygen atoms in total. The highest BCUT2D eigenvalue weighted by Gasteiger charge is 2.29. The second kappa shape index (κ2) is 7.99. The van der Waals surface area contributed by atoms with Crippen molar-refractivity contribution >= 4 is 23.2 Å². The molecule has 2 aromatic carbocycles. The second-order valence-corrected chi connectivity index (χ2v) is 6.55. The van der Waals surface area contributed by atoms with Crippen LogP contribution in [0.25, 0.3) is 0 Å². The van der Waals surface area contributed by atoms with Crippen molar-refractivity contribution < 1.29 is 14.0 Å². The average Bonchev–Trinajstić information content (AvgIpc) is 3.45. The Kier molecular flexibility index (Phi) is 5.51. The molecule has 0 radical (unpaired) electrons. The molecule has 0 bridgehead atoms. The lowest BCUT2D eigenvalue weighted by atomic mass is 10.2. The van der Waals surface area contributed by atoms with Gasteiger partial charge in [-0.05, 0) is 61.2 Å². The minimum atomic E-state index is -0.300. The fraction of sp³-hybridized carbons (Fsp3) is 0.300. The summed E-state index contributed by atoms with van der Waals surface area (Å²) in [6.45, 7) is 2.26. The van der Waals surface area contributed by atoms with Gasteiger partial charge in [0.2, 0.25) is 11.8 Å². The van der Waals surface area contributed by atoms with Crippen LogP contribution >= 0.6 is 0 Å². The van der Waals surface area contributed by atoms with Crippen LogP contribution in [-0.2, 0) is 16.1 Å². The Morgan fingerprint density at radius 3 is 2.69 bits per heavy atom. The average molecular weight is 355 g/mol. The molecular weight excluding hydrogens is 333 g/mol. The maximum atomic E-state index is 13.1. The summed E-state index contributed by atoms with van der Waals surface area (Å²) < 4.78 is 13.1. The van der Waals surface area contributed by atoms with Crippen LogP contribution in [0.3, 0.4) is 0 Å². The van der Waals surface area contributed by atoms with Crippen molar-refractivity contribution in [3.63, 3.8) is 0 Å². The molecule has 3 N–H and O–H groups in total. The van der Waals surface area contributed by atoms with Crippen LogP contribution in [0.15, 0.2) is 42.5 Å². The molecule has 2 aromatic rings. The van der Waals surface area contributed by atoms with Crippen LogP contribution in [0.5, 0.6) is 0 Å². The molecule has 6 heteroatoms. The van der Waals surface area contributed by atoms with E-state index in [0.717, 1.165) is 35.3 Å². The molecule has 1 aliphatic carbocycles. The molecule has 0 aliphatic heterocycles. The summed E-state index contributed by atoms with van der Waals surface area (Å²) in [6, 6.07) is 11.8. The van der Waals surface area contributed by atoms with Crippen molar-refractivity contribution in [1.29, 1.82) is 0 Å². The van der Waals surface area contributed by atoms with Crippen molar-refractivity contribution in [2.24, 2.45) is 5.92 Å². The Balaban J connectivity index is 1.47. The molecule has 0 unspecified atom stereocenters. The number of hydrogen-bond donors (Lipinski definition) is 3. The lowest BCUT2D eigenvalue weighted by molar-refractivity contribution is -0.119. The molecule has 0 heterocycles. The zero-order valence-electron chi connectivity index (χ0n) is 14.6. The van der Waals surface area contributed by atoms with Gasteiger partial charge in [0.15, 0.2) is 0 Å². The third-order valence-corrected chi connectivity index (χ3v) is 4.26. The monoisotopic (exact) mass is 355 g/mol. The van der Waals surface area contributed by atoms with Crippen LogP contribution in [-0.4, -0.2) is 18.4 Å². The van der Waals surface area contributed by atoms with Crippen LogP contribution in [0.4, 0.5) is 15.8 Å². The predicted molar refractivity (Wildman–Crippen MR) is 99.3 cm³/mol. The Labute approximate surface area is 152 Å². The van der Waals surface area contributed by atoms with Crippen molar-refractivity contribution in [2.75, 3.05) is 17.2 Å². The second-order valence-electron chi connectivity index (χ2n) is 6.55. The first-order valence-electron chi connectivity index (χ1n) is 8.68. The molecule has 1 aliphatic rings. The minimum Gasteiger partial charge on any atom is -0.376 e. The van der Waals surface area contributed by atoms with Gasteiger partial charge in [-0.2, -0.15) is 0 Å². The van der Waals surface area contributed by atoms with Crippen molar-refractivity contribution in [3.8, 4) is 0 Å². The summed E-state index contributed by atoms with van der Waals surface area (Å²) in [5.41, 5.74) is 3.13. The summed E-state index contributed by atoms with van der Waals surface area (Å²) in [4.78, 5) is 23.8. The number of halogens is 1. The highest BCUT2D eigenvalue weighted by molar-refractivity contribution is 5.94. The Hall–Kier alpha value is -2.89. The summed E-state index contributed by atoms with van der Waals surface area (Å²) >= 11 is 0. The van der Waals surface area contributed by atoms with Gasteiger partial charge in [-0.25, -0.2) is 4.39 Å². The number of amides is 2. The molecular formula is C20H22FN3O2.